The first-order chi connectivity index (χ1) is 10.7. The Bertz CT molecular complexity index is 809. The molecule has 0 spiro atoms. The van der Waals surface area contributed by atoms with Crippen molar-refractivity contribution in [3.63, 3.8) is 0 Å². The number of benzene rings is 2. The summed E-state index contributed by atoms with van der Waals surface area (Å²) in [4.78, 5) is 19.7. The minimum atomic E-state index is -0.870. The van der Waals surface area contributed by atoms with E-state index in [1.54, 1.807) is 0 Å². The zero-order valence-electron chi connectivity index (χ0n) is 11.6. The Morgan fingerprint density at radius 3 is 2.55 bits per heavy atom. The number of nitrogens with zero attached hydrogens (tertiary/aromatic N) is 2. The van der Waals surface area contributed by atoms with Crippen molar-refractivity contribution in [1.82, 2.24) is 9.97 Å². The van der Waals surface area contributed by atoms with Gasteiger partial charge in [0, 0.05) is 11.1 Å². The molecule has 3 aromatic rings. The third-order valence-corrected chi connectivity index (χ3v) is 3.91. The number of aliphatic carboxylic acids is 1. The highest BCUT2D eigenvalue weighted by Crippen LogP contribution is 2.27. The minimum Gasteiger partial charge on any atom is -0.481 e. The van der Waals surface area contributed by atoms with Crippen LogP contribution in [0.3, 0.4) is 0 Å². The summed E-state index contributed by atoms with van der Waals surface area (Å²) in [6, 6.07) is 17.2. The third kappa shape index (κ3) is 3.35. The maximum absolute atomic E-state index is 10.8. The first-order valence-electron chi connectivity index (χ1n) is 6.66. The summed E-state index contributed by atoms with van der Waals surface area (Å²) in [5.41, 5.74) is 1.66. The average Bonchev–Trinajstić information content (AvgIpc) is 2.53. The van der Waals surface area contributed by atoms with Crippen molar-refractivity contribution < 1.29 is 9.90 Å². The van der Waals surface area contributed by atoms with E-state index in [1.165, 1.54) is 11.8 Å². The van der Waals surface area contributed by atoms with Crippen LogP contribution in [-0.4, -0.2) is 26.8 Å². The predicted molar refractivity (Wildman–Crippen MR) is 87.6 cm³/mol. The lowest BCUT2D eigenvalue weighted by atomic mass is 10.2. The smallest absolute Gasteiger partial charge is 0.313 e. The average molecular weight is 311 g/mol. The number of aromatic nitrogens is 2. The third-order valence-electron chi connectivity index (χ3n) is 2.93. The molecule has 0 bridgehead atoms. The van der Waals surface area contributed by atoms with Crippen molar-refractivity contribution in [1.29, 1.82) is 0 Å². The van der Waals surface area contributed by atoms with Crippen molar-refractivity contribution in [3.8, 4) is 0 Å². The van der Waals surface area contributed by atoms with Gasteiger partial charge in [0.25, 0.3) is 0 Å². The number of hydrogen-bond donors (Lipinski definition) is 2. The van der Waals surface area contributed by atoms with Crippen LogP contribution in [0.1, 0.15) is 0 Å². The number of nitrogens with one attached hydrogen (secondary N) is 1. The zero-order valence-corrected chi connectivity index (χ0v) is 12.4. The molecular weight excluding hydrogens is 298 g/mol. The molecule has 0 fully saturated rings. The van der Waals surface area contributed by atoms with E-state index in [9.17, 15) is 4.79 Å². The van der Waals surface area contributed by atoms with Gasteiger partial charge >= 0.3 is 5.97 Å². The summed E-state index contributed by atoms with van der Waals surface area (Å²) in [5.74, 6) is -0.450. The number of fused-ring (bicyclic) bond motifs is 1. The normalized spacial score (nSPS) is 10.5. The van der Waals surface area contributed by atoms with Gasteiger partial charge in [-0.1, -0.05) is 48.2 Å². The molecule has 0 saturated heterocycles. The molecule has 2 N–H and O–H groups in total. The van der Waals surface area contributed by atoms with Crippen molar-refractivity contribution in [3.05, 3.63) is 54.6 Å². The molecule has 5 nitrogen and oxygen atoms in total. The Kier molecular flexibility index (Phi) is 4.20. The SMILES string of the molecule is O=C(O)CSc1nc(Nc2ccccc2)nc2ccccc12. The highest BCUT2D eigenvalue weighted by Gasteiger charge is 2.10. The molecule has 22 heavy (non-hydrogen) atoms. The van der Waals surface area contributed by atoms with E-state index in [-0.39, 0.29) is 5.75 Å². The van der Waals surface area contributed by atoms with Crippen LogP contribution in [-0.2, 0) is 4.79 Å². The van der Waals surface area contributed by atoms with Gasteiger partial charge in [0.15, 0.2) is 0 Å². The Balaban J connectivity index is 1.98. The van der Waals surface area contributed by atoms with Gasteiger partial charge < -0.3 is 10.4 Å². The lowest BCUT2D eigenvalue weighted by Gasteiger charge is -2.09. The Morgan fingerprint density at radius 2 is 1.77 bits per heavy atom. The molecule has 0 unspecified atom stereocenters. The quantitative estimate of drug-likeness (QED) is 0.554. The van der Waals surface area contributed by atoms with Gasteiger partial charge in [-0.25, -0.2) is 9.97 Å². The second-order valence-electron chi connectivity index (χ2n) is 4.54. The monoisotopic (exact) mass is 311 g/mol. The number of hydrogen-bond acceptors (Lipinski definition) is 5. The zero-order chi connectivity index (χ0) is 15.4. The second-order valence-corrected chi connectivity index (χ2v) is 5.51. The first kappa shape index (κ1) is 14.3. The van der Waals surface area contributed by atoms with Gasteiger partial charge in [-0.2, -0.15) is 0 Å². The van der Waals surface area contributed by atoms with E-state index >= 15 is 0 Å². The molecule has 3 rings (SSSR count). The fourth-order valence-electron chi connectivity index (χ4n) is 1.99. The van der Waals surface area contributed by atoms with Crippen molar-refractivity contribution in [2.45, 2.75) is 5.03 Å². The molecule has 2 aromatic carbocycles. The summed E-state index contributed by atoms with van der Waals surface area (Å²) in [6.07, 6.45) is 0. The summed E-state index contributed by atoms with van der Waals surface area (Å²) in [7, 11) is 0. The highest BCUT2D eigenvalue weighted by molar-refractivity contribution is 8.00. The van der Waals surface area contributed by atoms with Crippen molar-refractivity contribution in [2.24, 2.45) is 0 Å². The van der Waals surface area contributed by atoms with Crippen LogP contribution in [0.25, 0.3) is 10.9 Å². The Hall–Kier alpha value is -2.60. The van der Waals surface area contributed by atoms with Crippen LogP contribution in [0, 0.1) is 0 Å². The van der Waals surface area contributed by atoms with E-state index in [1.807, 2.05) is 54.6 Å². The molecule has 110 valence electrons. The van der Waals surface area contributed by atoms with Crippen LogP contribution in [0.5, 0.6) is 0 Å². The number of carboxylic acids is 1. The van der Waals surface area contributed by atoms with Crippen LogP contribution in [0.4, 0.5) is 11.6 Å². The summed E-state index contributed by atoms with van der Waals surface area (Å²) >= 11 is 1.19. The number of carbonyl (C=O) groups is 1. The van der Waals surface area contributed by atoms with Gasteiger partial charge in [0.2, 0.25) is 5.95 Å². The molecule has 0 saturated carbocycles. The van der Waals surface area contributed by atoms with E-state index in [0.29, 0.717) is 11.0 Å². The molecule has 0 amide bonds. The first-order valence-corrected chi connectivity index (χ1v) is 7.64. The van der Waals surface area contributed by atoms with Gasteiger partial charge in [-0.05, 0) is 18.2 Å². The van der Waals surface area contributed by atoms with Crippen LogP contribution in [0.15, 0.2) is 59.6 Å². The number of anilines is 2. The van der Waals surface area contributed by atoms with E-state index < -0.39 is 5.97 Å². The van der Waals surface area contributed by atoms with E-state index in [0.717, 1.165) is 16.6 Å². The largest absolute Gasteiger partial charge is 0.481 e. The molecule has 0 aliphatic rings. The molecule has 0 atom stereocenters. The predicted octanol–water partition coefficient (Wildman–Crippen LogP) is 3.55. The van der Waals surface area contributed by atoms with Crippen molar-refractivity contribution in [2.75, 3.05) is 11.1 Å². The minimum absolute atomic E-state index is 0.0359. The van der Waals surface area contributed by atoms with Gasteiger partial charge in [-0.15, -0.1) is 0 Å². The molecule has 0 aliphatic carbocycles. The molecular formula is C16H13N3O2S. The van der Waals surface area contributed by atoms with Crippen LogP contribution in [0.2, 0.25) is 0 Å². The molecule has 6 heteroatoms. The van der Waals surface area contributed by atoms with Crippen LogP contribution >= 0.6 is 11.8 Å². The summed E-state index contributed by atoms with van der Waals surface area (Å²) < 4.78 is 0. The fraction of sp³-hybridized carbons (Fsp3) is 0.0625. The van der Waals surface area contributed by atoms with E-state index in [2.05, 4.69) is 15.3 Å². The lowest BCUT2D eigenvalue weighted by Crippen LogP contribution is -2.02. The number of thioether (sulfide) groups is 1. The summed E-state index contributed by atoms with van der Waals surface area (Å²) in [5, 5.41) is 13.5. The van der Waals surface area contributed by atoms with Gasteiger partial charge in [-0.3, -0.25) is 4.79 Å². The topological polar surface area (TPSA) is 75.1 Å². The maximum Gasteiger partial charge on any atom is 0.313 e. The van der Waals surface area contributed by atoms with Crippen LogP contribution < -0.4 is 5.32 Å². The second kappa shape index (κ2) is 6.44. The van der Waals surface area contributed by atoms with E-state index in [4.69, 9.17) is 5.11 Å². The Labute approximate surface area is 131 Å². The summed E-state index contributed by atoms with van der Waals surface area (Å²) in [6.45, 7) is 0. The van der Waals surface area contributed by atoms with Gasteiger partial charge in [0.1, 0.15) is 5.03 Å². The number of carboxylic acid groups (broad SMARTS) is 1. The maximum atomic E-state index is 10.8. The molecule has 0 aliphatic heterocycles. The lowest BCUT2D eigenvalue weighted by molar-refractivity contribution is -0.133. The molecule has 0 radical (unpaired) electrons. The Morgan fingerprint density at radius 1 is 1.05 bits per heavy atom. The molecule has 1 heterocycles. The number of rotatable bonds is 5. The fourth-order valence-corrected chi connectivity index (χ4v) is 2.73. The number of para-hydroxylation sites is 2. The molecule has 1 aromatic heterocycles. The van der Waals surface area contributed by atoms with Crippen molar-refractivity contribution >= 4 is 40.3 Å². The highest BCUT2D eigenvalue weighted by atomic mass is 32.2. The van der Waals surface area contributed by atoms with Gasteiger partial charge in [0.05, 0.1) is 11.3 Å². The standard InChI is InChI=1S/C16H13N3O2S/c20-14(21)10-22-15-12-8-4-5-9-13(12)18-16(19-15)17-11-6-2-1-3-7-11/h1-9H,10H2,(H,20,21)(H,17,18,19).